The maximum absolute atomic E-state index is 12.2. The number of aromatic carboxylic acids is 1. The highest BCUT2D eigenvalue weighted by Gasteiger charge is 2.17. The Labute approximate surface area is 127 Å². The Hall–Kier alpha value is -1.89. The van der Waals surface area contributed by atoms with Crippen molar-refractivity contribution in [3.63, 3.8) is 0 Å². The van der Waals surface area contributed by atoms with E-state index in [1.165, 1.54) is 19.2 Å². The molecular weight excluding hydrogens is 292 g/mol. The molecular formula is C14H18N2O4S. The number of ether oxygens (including phenoxy) is 1. The van der Waals surface area contributed by atoms with Crippen LogP contribution in [0.15, 0.2) is 18.2 Å². The van der Waals surface area contributed by atoms with Crippen molar-refractivity contribution in [1.29, 1.82) is 0 Å². The van der Waals surface area contributed by atoms with E-state index in [0.29, 0.717) is 5.69 Å². The standard InChI is InChI=1S/C14H18N2O4S/c1-20-12-9-10(3-4-11(12)13(17)18)15-14(19)16-5-2-7-21-8-6-16/h3-4,9H,2,5-8H2,1H3,(H,15,19)(H,17,18). The van der Waals surface area contributed by atoms with Crippen molar-refractivity contribution >= 4 is 29.4 Å². The third kappa shape index (κ3) is 4.04. The summed E-state index contributed by atoms with van der Waals surface area (Å²) in [6.45, 7) is 1.46. The largest absolute Gasteiger partial charge is 0.496 e. The van der Waals surface area contributed by atoms with Crippen molar-refractivity contribution in [2.75, 3.05) is 37.0 Å². The van der Waals surface area contributed by atoms with Crippen LogP contribution in [0.2, 0.25) is 0 Å². The zero-order chi connectivity index (χ0) is 15.2. The minimum Gasteiger partial charge on any atom is -0.496 e. The van der Waals surface area contributed by atoms with Crippen LogP contribution < -0.4 is 10.1 Å². The zero-order valence-corrected chi connectivity index (χ0v) is 12.6. The van der Waals surface area contributed by atoms with Crippen molar-refractivity contribution in [2.24, 2.45) is 0 Å². The number of hydrogen-bond donors (Lipinski definition) is 2. The zero-order valence-electron chi connectivity index (χ0n) is 11.8. The molecule has 1 saturated heterocycles. The van der Waals surface area contributed by atoms with E-state index in [1.807, 2.05) is 11.8 Å². The molecule has 1 fully saturated rings. The summed E-state index contributed by atoms with van der Waals surface area (Å²) in [5.74, 6) is 1.18. The molecule has 2 N–H and O–H groups in total. The molecule has 0 spiro atoms. The maximum Gasteiger partial charge on any atom is 0.339 e. The van der Waals surface area contributed by atoms with Gasteiger partial charge in [-0.05, 0) is 24.3 Å². The van der Waals surface area contributed by atoms with E-state index in [1.54, 1.807) is 11.0 Å². The van der Waals surface area contributed by atoms with Crippen molar-refractivity contribution in [3.05, 3.63) is 23.8 Å². The first-order valence-corrected chi connectivity index (χ1v) is 7.82. The number of rotatable bonds is 3. The first kappa shape index (κ1) is 15.5. The molecule has 2 amide bonds. The van der Waals surface area contributed by atoms with Crippen LogP contribution >= 0.6 is 11.8 Å². The summed E-state index contributed by atoms with van der Waals surface area (Å²) >= 11 is 1.85. The molecule has 0 bridgehead atoms. The topological polar surface area (TPSA) is 78.9 Å². The number of methoxy groups -OCH3 is 1. The Morgan fingerprint density at radius 3 is 2.86 bits per heavy atom. The van der Waals surface area contributed by atoms with Crippen LogP contribution in [0, 0.1) is 0 Å². The molecule has 7 heteroatoms. The quantitative estimate of drug-likeness (QED) is 0.896. The summed E-state index contributed by atoms with van der Waals surface area (Å²) in [6, 6.07) is 4.35. The third-order valence-corrected chi connectivity index (χ3v) is 4.24. The Morgan fingerprint density at radius 2 is 2.14 bits per heavy atom. The molecule has 1 aliphatic heterocycles. The smallest absolute Gasteiger partial charge is 0.339 e. The fraction of sp³-hybridized carbons (Fsp3) is 0.429. The number of carbonyl (C=O) groups is 2. The van der Waals surface area contributed by atoms with E-state index >= 15 is 0 Å². The van der Waals surface area contributed by atoms with Gasteiger partial charge in [0.2, 0.25) is 0 Å². The molecule has 0 unspecified atom stereocenters. The van der Waals surface area contributed by atoms with Gasteiger partial charge in [-0.15, -0.1) is 0 Å². The van der Waals surface area contributed by atoms with E-state index in [2.05, 4.69) is 5.32 Å². The number of benzene rings is 1. The van der Waals surface area contributed by atoms with Gasteiger partial charge >= 0.3 is 12.0 Å². The predicted octanol–water partition coefficient (Wildman–Crippen LogP) is 2.36. The number of carbonyl (C=O) groups excluding carboxylic acids is 1. The summed E-state index contributed by atoms with van der Waals surface area (Å²) < 4.78 is 5.05. The average molecular weight is 310 g/mol. The van der Waals surface area contributed by atoms with E-state index in [9.17, 15) is 9.59 Å². The first-order valence-electron chi connectivity index (χ1n) is 6.67. The molecule has 0 atom stereocenters. The SMILES string of the molecule is COc1cc(NC(=O)N2CCCSCC2)ccc1C(=O)O. The van der Waals surface area contributed by atoms with E-state index in [4.69, 9.17) is 9.84 Å². The molecule has 0 radical (unpaired) electrons. The highest BCUT2D eigenvalue weighted by Crippen LogP contribution is 2.23. The molecule has 114 valence electrons. The van der Waals surface area contributed by atoms with Crippen LogP contribution in [0.3, 0.4) is 0 Å². The van der Waals surface area contributed by atoms with Crippen LogP contribution in [0.25, 0.3) is 0 Å². The van der Waals surface area contributed by atoms with Crippen LogP contribution in [0.4, 0.5) is 10.5 Å². The predicted molar refractivity (Wildman–Crippen MR) is 82.5 cm³/mol. The first-order chi connectivity index (χ1) is 10.1. The van der Waals surface area contributed by atoms with Crippen LogP contribution in [-0.2, 0) is 0 Å². The molecule has 2 rings (SSSR count). The lowest BCUT2D eigenvalue weighted by Gasteiger charge is -2.20. The molecule has 0 aromatic heterocycles. The number of amides is 2. The van der Waals surface area contributed by atoms with Gasteiger partial charge in [-0.25, -0.2) is 9.59 Å². The van der Waals surface area contributed by atoms with Gasteiger partial charge < -0.3 is 20.1 Å². The van der Waals surface area contributed by atoms with Crippen LogP contribution in [-0.4, -0.2) is 53.7 Å². The van der Waals surface area contributed by atoms with Crippen molar-refractivity contribution in [3.8, 4) is 5.75 Å². The lowest BCUT2D eigenvalue weighted by atomic mass is 10.2. The average Bonchev–Trinajstić information content (AvgIpc) is 2.75. The van der Waals surface area contributed by atoms with Crippen molar-refractivity contribution < 1.29 is 19.4 Å². The number of urea groups is 1. The summed E-state index contributed by atoms with van der Waals surface area (Å²) in [5.41, 5.74) is 0.598. The Kier molecular flexibility index (Phi) is 5.32. The number of carboxylic acids is 1. The second kappa shape index (κ2) is 7.21. The molecule has 0 aliphatic carbocycles. The number of hydrogen-bond acceptors (Lipinski definition) is 4. The Balaban J connectivity index is 2.08. The summed E-state index contributed by atoms with van der Waals surface area (Å²) in [4.78, 5) is 25.0. The van der Waals surface area contributed by atoms with E-state index in [0.717, 1.165) is 31.0 Å². The van der Waals surface area contributed by atoms with Gasteiger partial charge in [0.15, 0.2) is 0 Å². The van der Waals surface area contributed by atoms with Crippen molar-refractivity contribution in [2.45, 2.75) is 6.42 Å². The molecule has 1 aliphatic rings. The van der Waals surface area contributed by atoms with Gasteiger partial charge in [0.05, 0.1) is 7.11 Å². The van der Waals surface area contributed by atoms with Gasteiger partial charge in [0.1, 0.15) is 11.3 Å². The molecule has 0 saturated carbocycles. The van der Waals surface area contributed by atoms with Crippen molar-refractivity contribution in [1.82, 2.24) is 4.90 Å². The Morgan fingerprint density at radius 1 is 1.33 bits per heavy atom. The fourth-order valence-corrected chi connectivity index (χ4v) is 2.98. The fourth-order valence-electron chi connectivity index (χ4n) is 2.10. The molecule has 1 heterocycles. The summed E-state index contributed by atoms with van der Waals surface area (Å²) in [5, 5.41) is 11.8. The van der Waals surface area contributed by atoms with Gasteiger partial charge in [0, 0.05) is 30.6 Å². The number of nitrogens with one attached hydrogen (secondary N) is 1. The second-order valence-electron chi connectivity index (χ2n) is 4.60. The second-order valence-corrected chi connectivity index (χ2v) is 5.83. The lowest BCUT2D eigenvalue weighted by Crippen LogP contribution is -2.36. The number of anilines is 1. The number of carboxylic acid groups (broad SMARTS) is 1. The minimum absolute atomic E-state index is 0.0710. The van der Waals surface area contributed by atoms with E-state index < -0.39 is 5.97 Å². The highest BCUT2D eigenvalue weighted by molar-refractivity contribution is 7.99. The number of thioether (sulfide) groups is 1. The maximum atomic E-state index is 12.2. The van der Waals surface area contributed by atoms with Crippen LogP contribution in [0.1, 0.15) is 16.8 Å². The van der Waals surface area contributed by atoms with E-state index in [-0.39, 0.29) is 17.3 Å². The highest BCUT2D eigenvalue weighted by atomic mass is 32.2. The monoisotopic (exact) mass is 310 g/mol. The lowest BCUT2D eigenvalue weighted by molar-refractivity contribution is 0.0693. The molecule has 1 aromatic rings. The normalized spacial score (nSPS) is 15.2. The molecule has 1 aromatic carbocycles. The van der Waals surface area contributed by atoms with Gasteiger partial charge in [-0.3, -0.25) is 0 Å². The van der Waals surface area contributed by atoms with Gasteiger partial charge in [-0.2, -0.15) is 11.8 Å². The molecule has 6 nitrogen and oxygen atoms in total. The van der Waals surface area contributed by atoms with Crippen LogP contribution in [0.5, 0.6) is 5.75 Å². The number of nitrogens with zero attached hydrogens (tertiary/aromatic N) is 1. The third-order valence-electron chi connectivity index (χ3n) is 3.19. The van der Waals surface area contributed by atoms with Gasteiger partial charge in [0.25, 0.3) is 0 Å². The Bertz CT molecular complexity index is 528. The summed E-state index contributed by atoms with van der Waals surface area (Å²) in [6.07, 6.45) is 0.985. The van der Waals surface area contributed by atoms with Gasteiger partial charge in [-0.1, -0.05) is 0 Å². The molecule has 21 heavy (non-hydrogen) atoms. The minimum atomic E-state index is -1.06. The summed E-state index contributed by atoms with van der Waals surface area (Å²) in [7, 11) is 1.40.